The number of anilines is 1. The lowest BCUT2D eigenvalue weighted by atomic mass is 10.2. The van der Waals surface area contributed by atoms with E-state index in [0.29, 0.717) is 18.0 Å². The average molecular weight is 368 g/mol. The highest BCUT2D eigenvalue weighted by Crippen LogP contribution is 2.29. The van der Waals surface area contributed by atoms with Gasteiger partial charge in [0.2, 0.25) is 0 Å². The third kappa shape index (κ3) is 3.43. The number of thiophene rings is 1. The fourth-order valence-electron chi connectivity index (χ4n) is 2.98. The van der Waals surface area contributed by atoms with Crippen molar-refractivity contribution < 1.29 is 9.18 Å². The van der Waals surface area contributed by atoms with Gasteiger partial charge in [-0.05, 0) is 42.0 Å². The van der Waals surface area contributed by atoms with Crippen molar-refractivity contribution in [3.05, 3.63) is 65.4 Å². The first-order chi connectivity index (χ1) is 12.7. The van der Waals surface area contributed by atoms with Gasteiger partial charge in [-0.1, -0.05) is 12.1 Å². The molecule has 26 heavy (non-hydrogen) atoms. The van der Waals surface area contributed by atoms with Crippen LogP contribution in [0.1, 0.15) is 9.67 Å². The number of amides is 1. The Hall–Kier alpha value is -2.80. The molecule has 0 unspecified atom stereocenters. The molecule has 5 nitrogen and oxygen atoms in total. The third-order valence-corrected chi connectivity index (χ3v) is 5.52. The average Bonchev–Trinajstić information content (AvgIpc) is 3.19. The van der Waals surface area contributed by atoms with Crippen LogP contribution in [0.15, 0.2) is 54.7 Å². The van der Waals surface area contributed by atoms with Crippen molar-refractivity contribution in [3.63, 3.8) is 0 Å². The van der Waals surface area contributed by atoms with E-state index in [1.165, 1.54) is 23.5 Å². The zero-order valence-corrected chi connectivity index (χ0v) is 14.8. The van der Waals surface area contributed by atoms with Crippen LogP contribution < -0.4 is 4.90 Å². The van der Waals surface area contributed by atoms with Crippen LogP contribution in [-0.2, 0) is 0 Å². The first-order valence-electron chi connectivity index (χ1n) is 8.38. The van der Waals surface area contributed by atoms with Crippen LogP contribution in [0.2, 0.25) is 0 Å². The molecule has 1 saturated heterocycles. The largest absolute Gasteiger partial charge is 0.352 e. The van der Waals surface area contributed by atoms with Crippen molar-refractivity contribution in [3.8, 4) is 10.4 Å². The lowest BCUT2D eigenvalue weighted by molar-refractivity contribution is 0.0751. The quantitative estimate of drug-likeness (QED) is 0.712. The smallest absolute Gasteiger partial charge is 0.264 e. The van der Waals surface area contributed by atoms with Gasteiger partial charge < -0.3 is 9.80 Å². The summed E-state index contributed by atoms with van der Waals surface area (Å²) in [4.78, 5) is 18.4. The van der Waals surface area contributed by atoms with Gasteiger partial charge in [0.15, 0.2) is 5.82 Å². The van der Waals surface area contributed by atoms with Crippen LogP contribution in [0.3, 0.4) is 0 Å². The first-order valence-corrected chi connectivity index (χ1v) is 9.20. The Morgan fingerprint density at radius 2 is 1.77 bits per heavy atom. The molecule has 0 atom stereocenters. The molecular weight excluding hydrogens is 351 g/mol. The fraction of sp³-hybridized carbons (Fsp3) is 0.211. The second-order valence-corrected chi connectivity index (χ2v) is 7.12. The normalized spacial score (nSPS) is 14.5. The molecule has 2 aromatic heterocycles. The number of halogens is 1. The molecule has 1 aromatic carbocycles. The van der Waals surface area contributed by atoms with Gasteiger partial charge in [0.1, 0.15) is 5.82 Å². The number of hydrogen-bond acceptors (Lipinski definition) is 5. The molecule has 0 bridgehead atoms. The lowest BCUT2D eigenvalue weighted by Gasteiger charge is -2.34. The van der Waals surface area contributed by atoms with Gasteiger partial charge in [-0.2, -0.15) is 5.10 Å². The van der Waals surface area contributed by atoms with Crippen molar-refractivity contribution in [1.29, 1.82) is 0 Å². The Bertz CT molecular complexity index is 889. The zero-order valence-electron chi connectivity index (χ0n) is 14.0. The summed E-state index contributed by atoms with van der Waals surface area (Å²) in [5, 5.41) is 8.03. The third-order valence-electron chi connectivity index (χ3n) is 4.39. The highest BCUT2D eigenvalue weighted by molar-refractivity contribution is 7.17. The summed E-state index contributed by atoms with van der Waals surface area (Å²) >= 11 is 1.44. The van der Waals surface area contributed by atoms with Gasteiger partial charge >= 0.3 is 0 Å². The summed E-state index contributed by atoms with van der Waals surface area (Å²) in [5.41, 5.74) is 0.919. The Morgan fingerprint density at radius 1 is 1.00 bits per heavy atom. The molecule has 3 aromatic rings. The minimum absolute atomic E-state index is 0.0437. The summed E-state index contributed by atoms with van der Waals surface area (Å²) < 4.78 is 13.1. The van der Waals surface area contributed by atoms with E-state index in [4.69, 9.17) is 0 Å². The molecule has 1 aliphatic rings. The molecule has 1 amide bonds. The van der Waals surface area contributed by atoms with E-state index >= 15 is 0 Å². The molecule has 3 heterocycles. The van der Waals surface area contributed by atoms with E-state index in [2.05, 4.69) is 15.1 Å². The van der Waals surface area contributed by atoms with E-state index in [9.17, 15) is 9.18 Å². The Labute approximate surface area is 154 Å². The molecule has 1 aliphatic heterocycles. The molecule has 7 heteroatoms. The van der Waals surface area contributed by atoms with Crippen molar-refractivity contribution in [1.82, 2.24) is 15.1 Å². The summed E-state index contributed by atoms with van der Waals surface area (Å²) in [6.07, 6.45) is 1.65. The summed E-state index contributed by atoms with van der Waals surface area (Å²) in [6.45, 7) is 2.78. The van der Waals surface area contributed by atoms with Crippen LogP contribution in [0, 0.1) is 5.82 Å². The van der Waals surface area contributed by atoms with E-state index in [-0.39, 0.29) is 11.7 Å². The molecule has 4 rings (SSSR count). The zero-order chi connectivity index (χ0) is 17.9. The van der Waals surface area contributed by atoms with Crippen LogP contribution in [0.25, 0.3) is 10.4 Å². The predicted octanol–water partition coefficient (Wildman–Crippen LogP) is 3.31. The molecule has 1 fully saturated rings. The molecule has 132 valence electrons. The van der Waals surface area contributed by atoms with Crippen LogP contribution in [0.4, 0.5) is 10.2 Å². The molecule has 0 saturated carbocycles. The van der Waals surface area contributed by atoms with E-state index in [1.807, 2.05) is 29.2 Å². The van der Waals surface area contributed by atoms with Crippen molar-refractivity contribution in [2.45, 2.75) is 0 Å². The number of nitrogens with zero attached hydrogens (tertiary/aromatic N) is 4. The Kier molecular flexibility index (Phi) is 4.62. The molecule has 0 radical (unpaired) electrons. The maximum Gasteiger partial charge on any atom is 0.264 e. The van der Waals surface area contributed by atoms with Gasteiger partial charge in [0, 0.05) is 37.3 Å². The van der Waals surface area contributed by atoms with Crippen molar-refractivity contribution in [2.24, 2.45) is 0 Å². The highest BCUT2D eigenvalue weighted by Gasteiger charge is 2.24. The lowest BCUT2D eigenvalue weighted by Crippen LogP contribution is -2.48. The maximum atomic E-state index is 13.1. The van der Waals surface area contributed by atoms with Crippen LogP contribution in [0.5, 0.6) is 0 Å². The Morgan fingerprint density at radius 3 is 2.46 bits per heavy atom. The second kappa shape index (κ2) is 7.21. The maximum absolute atomic E-state index is 13.1. The SMILES string of the molecule is O=C(c1ccc(-c2ccc(F)cc2)s1)N1CCN(c2cccnn2)CC1. The second-order valence-electron chi connectivity index (χ2n) is 6.03. The number of hydrogen-bond donors (Lipinski definition) is 0. The number of carbonyl (C=O) groups is 1. The minimum atomic E-state index is -0.261. The van der Waals surface area contributed by atoms with E-state index in [1.54, 1.807) is 18.3 Å². The highest BCUT2D eigenvalue weighted by atomic mass is 32.1. The van der Waals surface area contributed by atoms with E-state index in [0.717, 1.165) is 29.3 Å². The summed E-state index contributed by atoms with van der Waals surface area (Å²) in [7, 11) is 0. The number of carbonyl (C=O) groups excluding carboxylic acids is 1. The predicted molar refractivity (Wildman–Crippen MR) is 99.9 cm³/mol. The topological polar surface area (TPSA) is 49.3 Å². The van der Waals surface area contributed by atoms with Gasteiger partial charge in [-0.3, -0.25) is 4.79 Å². The summed E-state index contributed by atoms with van der Waals surface area (Å²) in [5.74, 6) is 0.624. The van der Waals surface area contributed by atoms with Gasteiger partial charge in [0.05, 0.1) is 4.88 Å². The standard InChI is InChI=1S/C19H17FN4OS/c20-15-5-3-14(4-6-15)16-7-8-17(26-16)19(25)24-12-10-23(11-13-24)18-2-1-9-21-22-18/h1-9H,10-13H2. The van der Waals surface area contributed by atoms with Gasteiger partial charge in [-0.25, -0.2) is 4.39 Å². The van der Waals surface area contributed by atoms with Crippen LogP contribution >= 0.6 is 11.3 Å². The number of aromatic nitrogens is 2. The monoisotopic (exact) mass is 368 g/mol. The molecule has 0 spiro atoms. The molecular formula is C19H17FN4OS. The number of benzene rings is 1. The Balaban J connectivity index is 1.42. The van der Waals surface area contributed by atoms with Crippen molar-refractivity contribution >= 4 is 23.1 Å². The van der Waals surface area contributed by atoms with E-state index < -0.39 is 0 Å². The van der Waals surface area contributed by atoms with Gasteiger partial charge in [0.25, 0.3) is 5.91 Å². The summed E-state index contributed by atoms with van der Waals surface area (Å²) in [6, 6.07) is 13.9. The molecule has 0 N–H and O–H groups in total. The molecule has 0 aliphatic carbocycles. The minimum Gasteiger partial charge on any atom is -0.352 e. The fourth-order valence-corrected chi connectivity index (χ4v) is 3.96. The number of rotatable bonds is 3. The number of piperazine rings is 1. The first kappa shape index (κ1) is 16.7. The van der Waals surface area contributed by atoms with Gasteiger partial charge in [-0.15, -0.1) is 16.4 Å². The van der Waals surface area contributed by atoms with Crippen molar-refractivity contribution in [2.75, 3.05) is 31.1 Å². The van der Waals surface area contributed by atoms with Crippen LogP contribution in [-0.4, -0.2) is 47.2 Å².